The van der Waals surface area contributed by atoms with Crippen molar-refractivity contribution < 1.29 is 13.2 Å². The normalized spacial score (nSPS) is 23.1. The average molecular weight is 337 g/mol. The van der Waals surface area contributed by atoms with Crippen molar-refractivity contribution in [2.45, 2.75) is 49.8 Å². The summed E-state index contributed by atoms with van der Waals surface area (Å²) in [6, 6.07) is 3.40. The summed E-state index contributed by atoms with van der Waals surface area (Å²) in [5.41, 5.74) is 0.557. The number of sulfonamides is 1. The van der Waals surface area contributed by atoms with Crippen LogP contribution in [0.2, 0.25) is 0 Å². The number of aromatic nitrogens is 1. The summed E-state index contributed by atoms with van der Waals surface area (Å²) in [6.07, 6.45) is 8.50. The Morgan fingerprint density at radius 3 is 2.52 bits per heavy atom. The largest absolute Gasteiger partial charge is 0.337 e. The highest BCUT2D eigenvalue weighted by Crippen LogP contribution is 2.22. The molecule has 1 aromatic rings. The van der Waals surface area contributed by atoms with Gasteiger partial charge in [0, 0.05) is 37.1 Å². The van der Waals surface area contributed by atoms with Gasteiger partial charge in [0.1, 0.15) is 0 Å². The van der Waals surface area contributed by atoms with Crippen LogP contribution in [0.15, 0.2) is 24.5 Å². The fraction of sp³-hybridized carbons (Fsp3) is 0.625. The van der Waals surface area contributed by atoms with Crippen LogP contribution in [-0.2, 0) is 10.0 Å². The van der Waals surface area contributed by atoms with E-state index in [1.165, 1.54) is 0 Å². The third kappa shape index (κ3) is 3.90. The Kier molecular flexibility index (Phi) is 4.96. The zero-order chi connectivity index (χ0) is 16.3. The molecule has 1 aliphatic carbocycles. The third-order valence-corrected chi connectivity index (χ3v) is 6.64. The van der Waals surface area contributed by atoms with Crippen LogP contribution in [0.1, 0.15) is 48.9 Å². The van der Waals surface area contributed by atoms with E-state index < -0.39 is 15.3 Å². The predicted octanol–water partition coefficient (Wildman–Crippen LogP) is 1.55. The second kappa shape index (κ2) is 6.97. The first-order chi connectivity index (χ1) is 11.1. The summed E-state index contributed by atoms with van der Waals surface area (Å²) in [5.74, 6) is -0.117. The molecule has 6 nitrogen and oxygen atoms in total. The molecule has 1 amide bonds. The predicted molar refractivity (Wildman–Crippen MR) is 87.5 cm³/mol. The summed E-state index contributed by atoms with van der Waals surface area (Å²) < 4.78 is 28.0. The van der Waals surface area contributed by atoms with Crippen LogP contribution in [0.3, 0.4) is 0 Å². The lowest BCUT2D eigenvalue weighted by Gasteiger charge is -2.33. The number of carbonyl (C=O) groups excluding carboxylic acids is 1. The molecule has 1 saturated heterocycles. The van der Waals surface area contributed by atoms with Gasteiger partial charge in [-0.1, -0.05) is 12.8 Å². The van der Waals surface area contributed by atoms with Gasteiger partial charge in [0.2, 0.25) is 10.0 Å². The minimum absolute atomic E-state index is 0.0753. The molecule has 0 radical (unpaired) electrons. The van der Waals surface area contributed by atoms with Gasteiger partial charge >= 0.3 is 0 Å². The number of piperidine rings is 1. The van der Waals surface area contributed by atoms with Crippen LogP contribution in [0.25, 0.3) is 0 Å². The second-order valence-electron chi connectivity index (χ2n) is 6.40. The highest BCUT2D eigenvalue weighted by atomic mass is 32.2. The smallest absolute Gasteiger partial charge is 0.254 e. The van der Waals surface area contributed by atoms with Crippen LogP contribution in [0.4, 0.5) is 0 Å². The Hall–Kier alpha value is -1.47. The lowest BCUT2D eigenvalue weighted by molar-refractivity contribution is 0.0726. The van der Waals surface area contributed by atoms with Gasteiger partial charge in [-0.3, -0.25) is 9.78 Å². The molecule has 0 spiro atoms. The molecule has 1 atom stereocenters. The quantitative estimate of drug-likeness (QED) is 0.904. The Morgan fingerprint density at radius 1 is 1.13 bits per heavy atom. The van der Waals surface area contributed by atoms with Crippen molar-refractivity contribution in [1.82, 2.24) is 14.6 Å². The molecule has 7 heteroatoms. The van der Waals surface area contributed by atoms with E-state index in [-0.39, 0.29) is 18.5 Å². The summed E-state index contributed by atoms with van der Waals surface area (Å²) in [4.78, 5) is 18.1. The van der Waals surface area contributed by atoms with Gasteiger partial charge in [-0.2, -0.15) is 0 Å². The van der Waals surface area contributed by atoms with Crippen molar-refractivity contribution in [2.75, 3.05) is 13.1 Å². The molecule has 23 heavy (non-hydrogen) atoms. The number of nitrogens with one attached hydrogen (secondary N) is 1. The van der Waals surface area contributed by atoms with E-state index in [0.29, 0.717) is 24.9 Å². The van der Waals surface area contributed by atoms with E-state index >= 15 is 0 Å². The molecule has 2 fully saturated rings. The topological polar surface area (TPSA) is 79.4 Å². The average Bonchev–Trinajstić information content (AvgIpc) is 3.07. The number of nitrogens with zero attached hydrogens (tertiary/aromatic N) is 2. The van der Waals surface area contributed by atoms with Crippen LogP contribution in [0.5, 0.6) is 0 Å². The summed E-state index contributed by atoms with van der Waals surface area (Å²) in [7, 11) is -3.37. The molecule has 2 heterocycles. The summed E-state index contributed by atoms with van der Waals surface area (Å²) in [5, 5.41) is -0.511. The van der Waals surface area contributed by atoms with Crippen molar-refractivity contribution in [1.29, 1.82) is 0 Å². The fourth-order valence-corrected chi connectivity index (χ4v) is 5.17. The maximum Gasteiger partial charge on any atom is 0.254 e. The zero-order valence-corrected chi connectivity index (χ0v) is 14.0. The van der Waals surface area contributed by atoms with Crippen LogP contribution in [0, 0.1) is 0 Å². The Bertz CT molecular complexity index is 642. The van der Waals surface area contributed by atoms with E-state index in [1.54, 1.807) is 29.4 Å². The summed E-state index contributed by atoms with van der Waals surface area (Å²) >= 11 is 0. The molecule has 126 valence electrons. The maximum atomic E-state index is 12.6. The van der Waals surface area contributed by atoms with E-state index in [9.17, 15) is 13.2 Å². The number of carbonyl (C=O) groups is 1. The number of pyridine rings is 1. The van der Waals surface area contributed by atoms with Crippen molar-refractivity contribution in [3.8, 4) is 0 Å². The molecular weight excluding hydrogens is 314 g/mol. The van der Waals surface area contributed by atoms with Crippen LogP contribution in [-0.4, -0.2) is 48.6 Å². The fourth-order valence-electron chi connectivity index (χ4n) is 3.43. The highest BCUT2D eigenvalue weighted by Gasteiger charge is 2.34. The first-order valence-electron chi connectivity index (χ1n) is 8.27. The van der Waals surface area contributed by atoms with Gasteiger partial charge in [0.25, 0.3) is 5.91 Å². The molecule has 1 aromatic heterocycles. The van der Waals surface area contributed by atoms with Crippen LogP contribution < -0.4 is 4.72 Å². The summed E-state index contributed by atoms with van der Waals surface area (Å²) in [6.45, 7) is 0.875. The molecule has 3 rings (SSSR count). The molecule has 1 aliphatic heterocycles. The Balaban J connectivity index is 1.66. The number of likely N-dealkylation sites (tertiary alicyclic amines) is 1. The van der Waals surface area contributed by atoms with Gasteiger partial charge in [-0.15, -0.1) is 0 Å². The lowest BCUT2D eigenvalue weighted by Crippen LogP contribution is -2.49. The molecule has 0 bridgehead atoms. The monoisotopic (exact) mass is 337 g/mol. The molecular formula is C16H23N3O3S. The van der Waals surface area contributed by atoms with Gasteiger partial charge in [-0.05, 0) is 37.8 Å². The first kappa shape index (κ1) is 16.4. The van der Waals surface area contributed by atoms with E-state index in [1.807, 2.05) is 0 Å². The van der Waals surface area contributed by atoms with E-state index in [2.05, 4.69) is 9.71 Å². The van der Waals surface area contributed by atoms with Crippen LogP contribution >= 0.6 is 0 Å². The third-order valence-electron chi connectivity index (χ3n) is 4.72. The maximum absolute atomic E-state index is 12.6. The molecule has 1 saturated carbocycles. The standard InChI is InChI=1S/C16H23N3O3S/c20-16(13-7-9-17-10-8-13)19-11-3-6-15(12-19)23(21,22)18-14-4-1-2-5-14/h7-10,14-15,18H,1-6,11-12H2/t15-/m1/s1. The molecule has 2 aliphatic rings. The number of hydrogen-bond acceptors (Lipinski definition) is 4. The van der Waals surface area contributed by atoms with Gasteiger partial charge in [-0.25, -0.2) is 13.1 Å². The minimum atomic E-state index is -3.37. The lowest BCUT2D eigenvalue weighted by atomic mass is 10.1. The SMILES string of the molecule is O=C(c1ccncc1)N1CCC[C@@H](S(=O)(=O)NC2CCCC2)C1. The van der Waals surface area contributed by atoms with Crippen molar-refractivity contribution in [3.05, 3.63) is 30.1 Å². The zero-order valence-electron chi connectivity index (χ0n) is 13.1. The Morgan fingerprint density at radius 2 is 1.83 bits per heavy atom. The minimum Gasteiger partial charge on any atom is -0.337 e. The van der Waals surface area contributed by atoms with Crippen molar-refractivity contribution in [2.24, 2.45) is 0 Å². The molecule has 0 unspecified atom stereocenters. The Labute approximate surface area is 137 Å². The second-order valence-corrected chi connectivity index (χ2v) is 8.39. The first-order valence-corrected chi connectivity index (χ1v) is 9.81. The number of hydrogen-bond donors (Lipinski definition) is 1. The van der Waals surface area contributed by atoms with Crippen molar-refractivity contribution >= 4 is 15.9 Å². The van der Waals surface area contributed by atoms with E-state index in [0.717, 1.165) is 25.7 Å². The molecule has 0 aromatic carbocycles. The van der Waals surface area contributed by atoms with Gasteiger partial charge < -0.3 is 4.90 Å². The molecule has 1 N–H and O–H groups in total. The highest BCUT2D eigenvalue weighted by molar-refractivity contribution is 7.90. The van der Waals surface area contributed by atoms with Crippen molar-refractivity contribution in [3.63, 3.8) is 0 Å². The number of rotatable bonds is 4. The van der Waals surface area contributed by atoms with Gasteiger partial charge in [0.05, 0.1) is 5.25 Å². The van der Waals surface area contributed by atoms with Gasteiger partial charge in [0.15, 0.2) is 0 Å². The van der Waals surface area contributed by atoms with E-state index in [4.69, 9.17) is 0 Å². The number of amides is 1.